The molecule has 1 saturated heterocycles. The van der Waals surface area contributed by atoms with Crippen molar-refractivity contribution in [1.82, 2.24) is 10.2 Å². The second-order valence-electron chi connectivity index (χ2n) is 5.28. The summed E-state index contributed by atoms with van der Waals surface area (Å²) < 4.78 is 5.11. The Morgan fingerprint density at radius 3 is 2.79 bits per heavy atom. The Balaban J connectivity index is 2.12. The standard InChI is InChI=1S/C14H30N4O/c1-3-4-7-16-14(15)17-12-13-5-8-18(9-6-13)10-11-19-2/h13H,3-12H2,1-2H3,(H3,15,16,17). The Labute approximate surface area is 117 Å². The van der Waals surface area contributed by atoms with Crippen LogP contribution in [0.15, 0.2) is 4.99 Å². The Morgan fingerprint density at radius 1 is 1.42 bits per heavy atom. The highest BCUT2D eigenvalue weighted by Gasteiger charge is 2.18. The zero-order valence-electron chi connectivity index (χ0n) is 12.5. The van der Waals surface area contributed by atoms with Crippen LogP contribution in [0.25, 0.3) is 0 Å². The van der Waals surface area contributed by atoms with Gasteiger partial charge in [0, 0.05) is 26.7 Å². The van der Waals surface area contributed by atoms with Crippen molar-refractivity contribution in [2.75, 3.05) is 46.4 Å². The maximum Gasteiger partial charge on any atom is 0.188 e. The summed E-state index contributed by atoms with van der Waals surface area (Å²) in [5.41, 5.74) is 5.84. The van der Waals surface area contributed by atoms with Gasteiger partial charge in [-0.2, -0.15) is 0 Å². The number of aliphatic imine (C=N–C) groups is 1. The van der Waals surface area contributed by atoms with E-state index in [4.69, 9.17) is 10.5 Å². The summed E-state index contributed by atoms with van der Waals surface area (Å²) in [4.78, 5) is 6.91. The minimum atomic E-state index is 0.607. The Morgan fingerprint density at radius 2 is 2.16 bits per heavy atom. The van der Waals surface area contributed by atoms with Crippen molar-refractivity contribution in [3.05, 3.63) is 0 Å². The van der Waals surface area contributed by atoms with Crippen LogP contribution in [0.2, 0.25) is 0 Å². The van der Waals surface area contributed by atoms with E-state index in [1.165, 1.54) is 19.3 Å². The summed E-state index contributed by atoms with van der Waals surface area (Å²) in [6, 6.07) is 0. The van der Waals surface area contributed by atoms with Crippen LogP contribution in [-0.4, -0.2) is 57.3 Å². The SMILES string of the molecule is CCCCNC(N)=NCC1CCN(CCOC)CC1. The van der Waals surface area contributed by atoms with Crippen LogP contribution in [0.4, 0.5) is 0 Å². The van der Waals surface area contributed by atoms with Crippen molar-refractivity contribution in [2.24, 2.45) is 16.6 Å². The lowest BCUT2D eigenvalue weighted by Crippen LogP contribution is -2.37. The van der Waals surface area contributed by atoms with Crippen LogP contribution >= 0.6 is 0 Å². The van der Waals surface area contributed by atoms with E-state index in [1.807, 2.05) is 0 Å². The van der Waals surface area contributed by atoms with Crippen LogP contribution in [0.3, 0.4) is 0 Å². The number of ether oxygens (including phenoxy) is 1. The normalized spacial score (nSPS) is 18.7. The van der Waals surface area contributed by atoms with Gasteiger partial charge in [0.05, 0.1) is 6.61 Å². The number of nitrogens with zero attached hydrogens (tertiary/aromatic N) is 2. The molecule has 1 fully saturated rings. The highest BCUT2D eigenvalue weighted by atomic mass is 16.5. The predicted octanol–water partition coefficient (Wildman–Crippen LogP) is 1.05. The fraction of sp³-hybridized carbons (Fsp3) is 0.929. The molecule has 1 heterocycles. The van der Waals surface area contributed by atoms with Crippen molar-refractivity contribution in [1.29, 1.82) is 0 Å². The second kappa shape index (κ2) is 10.0. The number of methoxy groups -OCH3 is 1. The third-order valence-electron chi connectivity index (χ3n) is 3.68. The Kier molecular flexibility index (Phi) is 8.58. The summed E-state index contributed by atoms with van der Waals surface area (Å²) in [6.07, 6.45) is 4.76. The molecule has 0 radical (unpaired) electrons. The van der Waals surface area contributed by atoms with Crippen molar-refractivity contribution >= 4 is 5.96 Å². The maximum absolute atomic E-state index is 5.84. The van der Waals surface area contributed by atoms with Gasteiger partial charge in [0.2, 0.25) is 0 Å². The number of unbranched alkanes of at least 4 members (excludes halogenated alkanes) is 1. The van der Waals surface area contributed by atoms with E-state index in [9.17, 15) is 0 Å². The lowest BCUT2D eigenvalue weighted by atomic mass is 9.97. The van der Waals surface area contributed by atoms with Crippen molar-refractivity contribution in [2.45, 2.75) is 32.6 Å². The van der Waals surface area contributed by atoms with Gasteiger partial charge in [0.1, 0.15) is 0 Å². The fourth-order valence-corrected chi connectivity index (χ4v) is 2.29. The number of likely N-dealkylation sites (tertiary alicyclic amines) is 1. The molecule has 0 aromatic heterocycles. The minimum Gasteiger partial charge on any atom is -0.383 e. The molecule has 0 aromatic rings. The van der Waals surface area contributed by atoms with Gasteiger partial charge < -0.3 is 20.7 Å². The van der Waals surface area contributed by atoms with Crippen molar-refractivity contribution < 1.29 is 4.74 Å². The number of nitrogens with two attached hydrogens (primary N) is 1. The smallest absolute Gasteiger partial charge is 0.188 e. The quantitative estimate of drug-likeness (QED) is 0.393. The average molecular weight is 270 g/mol. The molecule has 5 nitrogen and oxygen atoms in total. The van der Waals surface area contributed by atoms with Gasteiger partial charge in [-0.3, -0.25) is 4.99 Å². The molecule has 0 unspecified atom stereocenters. The predicted molar refractivity (Wildman–Crippen MR) is 80.4 cm³/mol. The van der Waals surface area contributed by atoms with Crippen molar-refractivity contribution in [3.8, 4) is 0 Å². The molecule has 0 saturated carbocycles. The van der Waals surface area contributed by atoms with Gasteiger partial charge in [-0.25, -0.2) is 0 Å². The first-order chi connectivity index (χ1) is 9.26. The molecule has 0 bridgehead atoms. The summed E-state index contributed by atoms with van der Waals surface area (Å²) in [5, 5.41) is 3.16. The molecule has 1 rings (SSSR count). The molecule has 0 aliphatic carbocycles. The molecule has 0 amide bonds. The highest BCUT2D eigenvalue weighted by molar-refractivity contribution is 5.77. The molecule has 0 aromatic carbocycles. The summed E-state index contributed by atoms with van der Waals surface area (Å²) in [5.74, 6) is 1.29. The van der Waals surface area contributed by atoms with Gasteiger partial charge in [0.15, 0.2) is 5.96 Å². The van der Waals surface area contributed by atoms with E-state index in [0.717, 1.165) is 45.8 Å². The number of nitrogens with one attached hydrogen (secondary N) is 1. The molecular weight excluding hydrogens is 240 g/mol. The molecule has 5 heteroatoms. The third kappa shape index (κ3) is 7.38. The Bertz CT molecular complexity index is 250. The first-order valence-electron chi connectivity index (χ1n) is 7.51. The molecule has 1 aliphatic rings. The van der Waals surface area contributed by atoms with Crippen LogP contribution in [0.5, 0.6) is 0 Å². The first-order valence-corrected chi connectivity index (χ1v) is 7.51. The Hall–Kier alpha value is -0.810. The second-order valence-corrected chi connectivity index (χ2v) is 5.28. The van der Waals surface area contributed by atoms with E-state index >= 15 is 0 Å². The monoisotopic (exact) mass is 270 g/mol. The molecule has 0 atom stereocenters. The van der Waals surface area contributed by atoms with Gasteiger partial charge >= 0.3 is 0 Å². The van der Waals surface area contributed by atoms with E-state index < -0.39 is 0 Å². The van der Waals surface area contributed by atoms with E-state index in [2.05, 4.69) is 22.1 Å². The van der Waals surface area contributed by atoms with Gasteiger partial charge in [-0.05, 0) is 38.3 Å². The number of hydrogen-bond acceptors (Lipinski definition) is 3. The third-order valence-corrected chi connectivity index (χ3v) is 3.68. The van der Waals surface area contributed by atoms with E-state index in [1.54, 1.807) is 7.11 Å². The van der Waals surface area contributed by atoms with Crippen LogP contribution < -0.4 is 11.1 Å². The highest BCUT2D eigenvalue weighted by Crippen LogP contribution is 2.16. The number of rotatable bonds is 8. The summed E-state index contributed by atoms with van der Waals surface area (Å²) in [7, 11) is 1.76. The molecule has 0 spiro atoms. The maximum atomic E-state index is 5.84. The largest absolute Gasteiger partial charge is 0.383 e. The molecule has 3 N–H and O–H groups in total. The lowest BCUT2D eigenvalue weighted by Gasteiger charge is -2.30. The van der Waals surface area contributed by atoms with Crippen LogP contribution in [0.1, 0.15) is 32.6 Å². The topological polar surface area (TPSA) is 62.9 Å². The lowest BCUT2D eigenvalue weighted by molar-refractivity contribution is 0.121. The number of hydrogen-bond donors (Lipinski definition) is 2. The van der Waals surface area contributed by atoms with Crippen molar-refractivity contribution in [3.63, 3.8) is 0 Å². The average Bonchev–Trinajstić information content (AvgIpc) is 2.44. The van der Waals surface area contributed by atoms with E-state index in [0.29, 0.717) is 11.9 Å². The molecule has 1 aliphatic heterocycles. The van der Waals surface area contributed by atoms with Crippen LogP contribution in [0, 0.1) is 5.92 Å². The minimum absolute atomic E-state index is 0.607. The van der Waals surface area contributed by atoms with Crippen LogP contribution in [-0.2, 0) is 4.74 Å². The van der Waals surface area contributed by atoms with Gasteiger partial charge in [-0.15, -0.1) is 0 Å². The zero-order chi connectivity index (χ0) is 13.9. The summed E-state index contributed by atoms with van der Waals surface area (Å²) >= 11 is 0. The fourth-order valence-electron chi connectivity index (χ4n) is 2.29. The zero-order valence-corrected chi connectivity index (χ0v) is 12.5. The van der Waals surface area contributed by atoms with Gasteiger partial charge in [0.25, 0.3) is 0 Å². The summed E-state index contributed by atoms with van der Waals surface area (Å²) in [6.45, 7) is 8.17. The van der Waals surface area contributed by atoms with E-state index in [-0.39, 0.29) is 0 Å². The molecule has 19 heavy (non-hydrogen) atoms. The number of piperidine rings is 1. The molecule has 112 valence electrons. The van der Waals surface area contributed by atoms with Gasteiger partial charge in [-0.1, -0.05) is 13.3 Å². The molecular formula is C14H30N4O. The number of guanidine groups is 1. The first kappa shape index (κ1) is 16.2.